The van der Waals surface area contributed by atoms with Gasteiger partial charge in [0.05, 0.1) is 0 Å². The smallest absolute Gasteiger partial charge is 0.0468 e. The van der Waals surface area contributed by atoms with E-state index in [1.807, 2.05) is 0 Å². The number of fused-ring (bicyclic) bond motifs is 6. The monoisotopic (exact) mass is 537 g/mol. The molecule has 42 heavy (non-hydrogen) atoms. The molecule has 0 radical (unpaired) electrons. The van der Waals surface area contributed by atoms with E-state index in [-0.39, 0.29) is 5.41 Å². The molecule has 0 saturated heterocycles. The van der Waals surface area contributed by atoms with Crippen LogP contribution in [0.5, 0.6) is 0 Å². The highest BCUT2D eigenvalue weighted by molar-refractivity contribution is 6.06. The molecule has 0 spiro atoms. The van der Waals surface area contributed by atoms with E-state index in [9.17, 15) is 0 Å². The van der Waals surface area contributed by atoms with Crippen molar-refractivity contribution in [2.75, 3.05) is 4.90 Å². The minimum atomic E-state index is -0.113. The quantitative estimate of drug-likeness (QED) is 0.216. The summed E-state index contributed by atoms with van der Waals surface area (Å²) in [5.41, 5.74) is 11.3. The van der Waals surface area contributed by atoms with E-state index in [1.165, 1.54) is 54.9 Å². The number of nitrogens with zero attached hydrogens (tertiary/aromatic N) is 1. The molecular formula is C41H31N. The molecule has 0 aromatic heterocycles. The van der Waals surface area contributed by atoms with Crippen LogP contribution in [0.2, 0.25) is 0 Å². The van der Waals surface area contributed by atoms with Crippen LogP contribution >= 0.6 is 0 Å². The SMILES string of the molecule is CC1(C)c2ccc(N(c3ccccc3)c3ccc4ccccc4c3)cc2-c2cc(-c3ccccc3)c3ccccc3c21. The van der Waals surface area contributed by atoms with Crippen LogP contribution in [0.4, 0.5) is 17.1 Å². The highest BCUT2D eigenvalue weighted by atomic mass is 15.1. The zero-order chi connectivity index (χ0) is 28.3. The van der Waals surface area contributed by atoms with Crippen molar-refractivity contribution < 1.29 is 0 Å². The van der Waals surface area contributed by atoms with Crippen molar-refractivity contribution in [1.82, 2.24) is 0 Å². The number of anilines is 3. The third-order valence-electron chi connectivity index (χ3n) is 8.98. The van der Waals surface area contributed by atoms with Gasteiger partial charge in [-0.05, 0) is 97.4 Å². The largest absolute Gasteiger partial charge is 0.310 e. The maximum atomic E-state index is 2.44. The fraction of sp³-hybridized carbons (Fsp3) is 0.0732. The first-order chi connectivity index (χ1) is 20.6. The molecule has 0 atom stereocenters. The molecule has 200 valence electrons. The first kappa shape index (κ1) is 24.6. The number of hydrogen-bond donors (Lipinski definition) is 0. The fourth-order valence-corrected chi connectivity index (χ4v) is 7.03. The predicted molar refractivity (Wildman–Crippen MR) is 179 cm³/mol. The lowest BCUT2D eigenvalue weighted by atomic mass is 9.79. The number of benzene rings is 7. The molecule has 0 aliphatic heterocycles. The Kier molecular flexibility index (Phi) is 5.55. The molecule has 1 aliphatic rings. The third kappa shape index (κ3) is 3.78. The van der Waals surface area contributed by atoms with Crippen LogP contribution in [0.25, 0.3) is 43.8 Å². The van der Waals surface area contributed by atoms with Crippen molar-refractivity contribution in [3.63, 3.8) is 0 Å². The van der Waals surface area contributed by atoms with Gasteiger partial charge in [0, 0.05) is 22.5 Å². The summed E-state index contributed by atoms with van der Waals surface area (Å²) in [6.07, 6.45) is 0. The molecular weight excluding hydrogens is 506 g/mol. The van der Waals surface area contributed by atoms with Crippen molar-refractivity contribution in [3.8, 4) is 22.3 Å². The van der Waals surface area contributed by atoms with Crippen LogP contribution in [0, 0.1) is 0 Å². The lowest BCUT2D eigenvalue weighted by Gasteiger charge is -2.27. The molecule has 0 fully saturated rings. The maximum Gasteiger partial charge on any atom is 0.0468 e. The minimum absolute atomic E-state index is 0.113. The Bertz CT molecular complexity index is 2110. The molecule has 0 N–H and O–H groups in total. The van der Waals surface area contributed by atoms with Crippen LogP contribution in [-0.4, -0.2) is 0 Å². The first-order valence-electron chi connectivity index (χ1n) is 14.7. The summed E-state index contributed by atoms with van der Waals surface area (Å²) < 4.78 is 0. The van der Waals surface area contributed by atoms with Crippen LogP contribution < -0.4 is 4.90 Å². The highest BCUT2D eigenvalue weighted by Gasteiger charge is 2.38. The lowest BCUT2D eigenvalue weighted by molar-refractivity contribution is 0.666. The average molecular weight is 538 g/mol. The Hall–Kier alpha value is -5.14. The Balaban J connectivity index is 1.38. The summed E-state index contributed by atoms with van der Waals surface area (Å²) in [6.45, 7) is 4.76. The third-order valence-corrected chi connectivity index (χ3v) is 8.98. The van der Waals surface area contributed by atoms with Crippen LogP contribution in [0.15, 0.2) is 152 Å². The Morgan fingerprint density at radius 3 is 1.83 bits per heavy atom. The summed E-state index contributed by atoms with van der Waals surface area (Å²) in [7, 11) is 0. The number of hydrogen-bond acceptors (Lipinski definition) is 1. The Labute approximate surface area is 247 Å². The van der Waals surface area contributed by atoms with Gasteiger partial charge >= 0.3 is 0 Å². The van der Waals surface area contributed by atoms with E-state index in [4.69, 9.17) is 0 Å². The minimum Gasteiger partial charge on any atom is -0.310 e. The Morgan fingerprint density at radius 2 is 1.05 bits per heavy atom. The van der Waals surface area contributed by atoms with E-state index in [2.05, 4.69) is 170 Å². The van der Waals surface area contributed by atoms with Gasteiger partial charge in [0.15, 0.2) is 0 Å². The molecule has 1 aliphatic carbocycles. The van der Waals surface area contributed by atoms with Crippen LogP contribution in [-0.2, 0) is 5.41 Å². The number of rotatable bonds is 4. The van der Waals surface area contributed by atoms with Gasteiger partial charge in [-0.15, -0.1) is 0 Å². The second-order valence-electron chi connectivity index (χ2n) is 11.8. The topological polar surface area (TPSA) is 3.24 Å². The summed E-state index contributed by atoms with van der Waals surface area (Å²) in [5, 5.41) is 5.14. The molecule has 0 amide bonds. The van der Waals surface area contributed by atoms with Crippen molar-refractivity contribution in [1.29, 1.82) is 0 Å². The highest BCUT2D eigenvalue weighted by Crippen LogP contribution is 2.54. The molecule has 1 nitrogen and oxygen atoms in total. The molecule has 0 saturated carbocycles. The molecule has 7 aromatic carbocycles. The molecule has 7 aromatic rings. The predicted octanol–water partition coefficient (Wildman–Crippen LogP) is 11.4. The zero-order valence-corrected chi connectivity index (χ0v) is 23.9. The maximum absolute atomic E-state index is 2.44. The van der Waals surface area contributed by atoms with E-state index in [0.717, 1.165) is 17.1 Å². The second-order valence-corrected chi connectivity index (χ2v) is 11.8. The van der Waals surface area contributed by atoms with Crippen molar-refractivity contribution >= 4 is 38.6 Å². The molecule has 8 rings (SSSR count). The van der Waals surface area contributed by atoms with Gasteiger partial charge < -0.3 is 4.90 Å². The standard InChI is InChI=1S/C41H31N/c1-41(2)39-24-23-33(42(31-17-7-4-8-18-31)32-22-21-28-13-9-10-16-30(28)25-32)26-37(39)38-27-36(29-14-5-3-6-15-29)34-19-11-12-20-35(34)40(38)41/h3-27H,1-2H3. The zero-order valence-electron chi connectivity index (χ0n) is 23.9. The normalized spacial score (nSPS) is 13.2. The van der Waals surface area contributed by atoms with Crippen LogP contribution in [0.1, 0.15) is 25.0 Å². The molecule has 0 bridgehead atoms. The average Bonchev–Trinajstić information content (AvgIpc) is 3.27. The number of para-hydroxylation sites is 1. The first-order valence-corrected chi connectivity index (χ1v) is 14.7. The van der Waals surface area contributed by atoms with Crippen molar-refractivity contribution in [3.05, 3.63) is 163 Å². The van der Waals surface area contributed by atoms with Gasteiger partial charge in [0.1, 0.15) is 0 Å². The van der Waals surface area contributed by atoms with Gasteiger partial charge in [-0.1, -0.05) is 123 Å². The van der Waals surface area contributed by atoms with E-state index < -0.39 is 0 Å². The van der Waals surface area contributed by atoms with Crippen molar-refractivity contribution in [2.45, 2.75) is 19.3 Å². The summed E-state index contributed by atoms with van der Waals surface area (Å²) in [6, 6.07) is 55.3. The van der Waals surface area contributed by atoms with Gasteiger partial charge in [-0.2, -0.15) is 0 Å². The van der Waals surface area contributed by atoms with Gasteiger partial charge in [0.2, 0.25) is 0 Å². The summed E-state index contributed by atoms with van der Waals surface area (Å²) in [5.74, 6) is 0. The van der Waals surface area contributed by atoms with Gasteiger partial charge in [0.25, 0.3) is 0 Å². The van der Waals surface area contributed by atoms with Crippen molar-refractivity contribution in [2.24, 2.45) is 0 Å². The molecule has 0 heterocycles. The van der Waals surface area contributed by atoms with Crippen LogP contribution in [0.3, 0.4) is 0 Å². The molecule has 1 heteroatoms. The van der Waals surface area contributed by atoms with E-state index >= 15 is 0 Å². The lowest BCUT2D eigenvalue weighted by Crippen LogP contribution is -2.16. The second kappa shape index (κ2) is 9.46. The fourth-order valence-electron chi connectivity index (χ4n) is 7.03. The van der Waals surface area contributed by atoms with Gasteiger partial charge in [-0.25, -0.2) is 0 Å². The summed E-state index contributed by atoms with van der Waals surface area (Å²) >= 11 is 0. The molecule has 0 unspecified atom stereocenters. The Morgan fingerprint density at radius 1 is 0.429 bits per heavy atom. The van der Waals surface area contributed by atoms with Gasteiger partial charge in [-0.3, -0.25) is 0 Å². The summed E-state index contributed by atoms with van der Waals surface area (Å²) in [4.78, 5) is 2.39. The van der Waals surface area contributed by atoms with E-state index in [0.29, 0.717) is 0 Å². The van der Waals surface area contributed by atoms with E-state index in [1.54, 1.807) is 0 Å².